The number of aromatic nitrogens is 3. The highest BCUT2D eigenvalue weighted by Gasteiger charge is 2.35. The van der Waals surface area contributed by atoms with Crippen molar-refractivity contribution in [1.29, 1.82) is 0 Å². The largest absolute Gasteiger partial charge is 0.395 e. The Kier molecular flexibility index (Phi) is 4.21. The van der Waals surface area contributed by atoms with Crippen LogP contribution < -0.4 is 4.90 Å². The molecule has 0 bridgehead atoms. The number of nitrogens with one attached hydrogen (secondary N) is 1. The van der Waals surface area contributed by atoms with Crippen LogP contribution in [0.2, 0.25) is 0 Å². The summed E-state index contributed by atoms with van der Waals surface area (Å²) in [4.78, 5) is 14.4. The number of hydrogen-bond acceptors (Lipinski definition) is 4. The van der Waals surface area contributed by atoms with Gasteiger partial charge in [0.1, 0.15) is 17.8 Å². The molecule has 0 amide bonds. The molecular formula is C18H26N4O. The Morgan fingerprint density at radius 3 is 2.87 bits per heavy atom. The minimum Gasteiger partial charge on any atom is -0.395 e. The summed E-state index contributed by atoms with van der Waals surface area (Å²) in [5, 5.41) is 10.7. The molecule has 0 spiro atoms. The minimum absolute atomic E-state index is 0.167. The zero-order valence-electron chi connectivity index (χ0n) is 13.6. The smallest absolute Gasteiger partial charge is 0.142 e. The zero-order chi connectivity index (χ0) is 15.6. The second-order valence-corrected chi connectivity index (χ2v) is 7.13. The average Bonchev–Trinajstić information content (AvgIpc) is 3.08. The molecule has 3 atom stereocenters. The van der Waals surface area contributed by atoms with Gasteiger partial charge in [-0.3, -0.25) is 0 Å². The predicted molar refractivity (Wildman–Crippen MR) is 91.4 cm³/mol. The lowest BCUT2D eigenvalue weighted by molar-refractivity contribution is 0.151. The molecule has 2 heterocycles. The number of aliphatic hydroxyl groups is 1. The van der Waals surface area contributed by atoms with Gasteiger partial charge in [0.15, 0.2) is 0 Å². The van der Waals surface area contributed by atoms with E-state index in [-0.39, 0.29) is 6.61 Å². The minimum atomic E-state index is 0.167. The van der Waals surface area contributed by atoms with E-state index in [9.17, 15) is 5.11 Å². The van der Waals surface area contributed by atoms with Crippen molar-refractivity contribution in [3.8, 4) is 0 Å². The summed E-state index contributed by atoms with van der Waals surface area (Å²) in [6, 6.07) is 2.54. The Balaban J connectivity index is 1.61. The van der Waals surface area contributed by atoms with E-state index in [0.29, 0.717) is 12.6 Å². The van der Waals surface area contributed by atoms with Gasteiger partial charge in [-0.25, -0.2) is 9.97 Å². The molecule has 0 saturated heterocycles. The van der Waals surface area contributed by atoms with E-state index >= 15 is 0 Å². The molecular weight excluding hydrogens is 288 g/mol. The fourth-order valence-corrected chi connectivity index (χ4v) is 4.79. The van der Waals surface area contributed by atoms with Gasteiger partial charge in [-0.05, 0) is 37.2 Å². The van der Waals surface area contributed by atoms with E-state index in [1.165, 1.54) is 44.9 Å². The van der Waals surface area contributed by atoms with Crippen molar-refractivity contribution in [1.82, 2.24) is 15.0 Å². The Morgan fingerprint density at radius 1 is 1.13 bits per heavy atom. The van der Waals surface area contributed by atoms with Crippen LogP contribution in [0.5, 0.6) is 0 Å². The molecule has 2 saturated carbocycles. The number of nitrogens with zero attached hydrogens (tertiary/aromatic N) is 3. The number of rotatable bonds is 4. The summed E-state index contributed by atoms with van der Waals surface area (Å²) in [7, 11) is 0. The van der Waals surface area contributed by atoms with E-state index in [4.69, 9.17) is 0 Å². The average molecular weight is 314 g/mol. The topological polar surface area (TPSA) is 65.0 Å². The fraction of sp³-hybridized carbons (Fsp3) is 0.667. The monoisotopic (exact) mass is 314 g/mol. The number of anilines is 1. The van der Waals surface area contributed by atoms with E-state index < -0.39 is 0 Å². The third-order valence-corrected chi connectivity index (χ3v) is 5.90. The quantitative estimate of drug-likeness (QED) is 0.910. The zero-order valence-corrected chi connectivity index (χ0v) is 13.6. The van der Waals surface area contributed by atoms with Gasteiger partial charge < -0.3 is 15.0 Å². The lowest BCUT2D eigenvalue weighted by Crippen LogP contribution is -2.44. The SMILES string of the molecule is OCCN(c1ncnc2[nH]ccc12)C1CCC2CCCCC2C1. The van der Waals surface area contributed by atoms with E-state index in [2.05, 4.69) is 19.9 Å². The Morgan fingerprint density at radius 2 is 2.00 bits per heavy atom. The van der Waals surface area contributed by atoms with Crippen LogP contribution in [0, 0.1) is 11.8 Å². The summed E-state index contributed by atoms with van der Waals surface area (Å²) in [6.45, 7) is 0.819. The number of hydrogen-bond donors (Lipinski definition) is 2. The fourth-order valence-electron chi connectivity index (χ4n) is 4.79. The standard InChI is InChI=1S/C18H26N4O/c23-10-9-22(18-16-7-8-19-17(16)20-12-21-18)15-6-5-13-3-1-2-4-14(13)11-15/h7-8,12-15,23H,1-6,9-11H2,(H,19,20,21). The third-order valence-electron chi connectivity index (χ3n) is 5.90. The summed E-state index contributed by atoms with van der Waals surface area (Å²) in [5.74, 6) is 2.78. The highest BCUT2D eigenvalue weighted by Crippen LogP contribution is 2.42. The molecule has 5 nitrogen and oxygen atoms in total. The first-order valence-corrected chi connectivity index (χ1v) is 9.02. The first-order chi connectivity index (χ1) is 11.4. The first-order valence-electron chi connectivity index (χ1n) is 9.02. The maximum absolute atomic E-state index is 9.59. The van der Waals surface area contributed by atoms with Gasteiger partial charge in [0.2, 0.25) is 0 Å². The Hall–Kier alpha value is -1.62. The molecule has 5 heteroatoms. The second kappa shape index (κ2) is 6.48. The molecule has 23 heavy (non-hydrogen) atoms. The van der Waals surface area contributed by atoms with Crippen molar-refractivity contribution in [3.05, 3.63) is 18.6 Å². The molecule has 2 aliphatic carbocycles. The highest BCUT2D eigenvalue weighted by molar-refractivity contribution is 5.87. The van der Waals surface area contributed by atoms with Gasteiger partial charge in [0.25, 0.3) is 0 Å². The molecule has 2 aromatic rings. The van der Waals surface area contributed by atoms with E-state index in [1.807, 2.05) is 12.3 Å². The van der Waals surface area contributed by atoms with Gasteiger partial charge in [-0.1, -0.05) is 25.7 Å². The number of aliphatic hydroxyl groups excluding tert-OH is 1. The van der Waals surface area contributed by atoms with Gasteiger partial charge in [0, 0.05) is 18.8 Å². The molecule has 2 aromatic heterocycles. The maximum atomic E-state index is 9.59. The van der Waals surface area contributed by atoms with Crippen LogP contribution in [0.3, 0.4) is 0 Å². The van der Waals surface area contributed by atoms with Crippen LogP contribution in [0.15, 0.2) is 18.6 Å². The highest BCUT2D eigenvalue weighted by atomic mass is 16.3. The van der Waals surface area contributed by atoms with Crippen LogP contribution in [-0.2, 0) is 0 Å². The maximum Gasteiger partial charge on any atom is 0.142 e. The van der Waals surface area contributed by atoms with Crippen LogP contribution in [0.4, 0.5) is 5.82 Å². The molecule has 124 valence electrons. The van der Waals surface area contributed by atoms with E-state index in [1.54, 1.807) is 6.33 Å². The molecule has 0 aromatic carbocycles. The summed E-state index contributed by atoms with van der Waals surface area (Å²) >= 11 is 0. The van der Waals surface area contributed by atoms with Crippen molar-refractivity contribution in [2.75, 3.05) is 18.1 Å². The molecule has 4 rings (SSSR count). The van der Waals surface area contributed by atoms with Crippen molar-refractivity contribution in [3.63, 3.8) is 0 Å². The third kappa shape index (κ3) is 2.82. The van der Waals surface area contributed by atoms with Crippen molar-refractivity contribution in [2.24, 2.45) is 11.8 Å². The lowest BCUT2D eigenvalue weighted by atomic mass is 9.69. The van der Waals surface area contributed by atoms with Crippen LogP contribution in [0.25, 0.3) is 11.0 Å². The first kappa shape index (κ1) is 14.9. The number of H-pyrrole nitrogens is 1. The predicted octanol–water partition coefficient (Wildman–Crippen LogP) is 3.12. The molecule has 2 aliphatic rings. The van der Waals surface area contributed by atoms with Crippen molar-refractivity contribution >= 4 is 16.9 Å². The molecule has 2 N–H and O–H groups in total. The second-order valence-electron chi connectivity index (χ2n) is 7.13. The molecule has 0 aliphatic heterocycles. The number of fused-ring (bicyclic) bond motifs is 2. The van der Waals surface area contributed by atoms with Crippen LogP contribution in [0.1, 0.15) is 44.9 Å². The number of aromatic amines is 1. The van der Waals surface area contributed by atoms with Gasteiger partial charge in [0.05, 0.1) is 12.0 Å². The van der Waals surface area contributed by atoms with Crippen molar-refractivity contribution in [2.45, 2.75) is 51.0 Å². The molecule has 3 unspecified atom stereocenters. The van der Waals surface area contributed by atoms with Crippen LogP contribution >= 0.6 is 0 Å². The normalized spacial score (nSPS) is 27.8. The van der Waals surface area contributed by atoms with E-state index in [0.717, 1.165) is 28.7 Å². The van der Waals surface area contributed by atoms with Gasteiger partial charge in [-0.2, -0.15) is 0 Å². The molecule has 2 fully saturated rings. The molecule has 0 radical (unpaired) electrons. The summed E-state index contributed by atoms with van der Waals surface area (Å²) < 4.78 is 0. The Labute approximate surface area is 137 Å². The van der Waals surface area contributed by atoms with Gasteiger partial charge >= 0.3 is 0 Å². The summed E-state index contributed by atoms with van der Waals surface area (Å²) in [5.41, 5.74) is 0.879. The lowest BCUT2D eigenvalue weighted by Gasteiger charge is -2.43. The van der Waals surface area contributed by atoms with Gasteiger partial charge in [-0.15, -0.1) is 0 Å². The summed E-state index contributed by atoms with van der Waals surface area (Å²) in [6.07, 6.45) is 13.0. The van der Waals surface area contributed by atoms with Crippen LogP contribution in [-0.4, -0.2) is 39.3 Å². The van der Waals surface area contributed by atoms with Crippen molar-refractivity contribution < 1.29 is 5.11 Å². The Bertz CT molecular complexity index is 655.